The first-order valence-corrected chi connectivity index (χ1v) is 9.92. The molecule has 2 heterocycles. The lowest BCUT2D eigenvalue weighted by atomic mass is 9.91. The molecule has 0 saturated carbocycles. The predicted molar refractivity (Wildman–Crippen MR) is 102 cm³/mol. The van der Waals surface area contributed by atoms with E-state index in [0.29, 0.717) is 5.92 Å². The van der Waals surface area contributed by atoms with Crippen molar-refractivity contribution in [3.8, 4) is 5.75 Å². The van der Waals surface area contributed by atoms with Gasteiger partial charge in [0.15, 0.2) is 6.61 Å². The third-order valence-electron chi connectivity index (χ3n) is 5.55. The molecule has 4 nitrogen and oxygen atoms in total. The second kappa shape index (κ2) is 8.70. The van der Waals surface area contributed by atoms with Gasteiger partial charge in [-0.25, -0.2) is 0 Å². The van der Waals surface area contributed by atoms with E-state index in [-0.39, 0.29) is 12.5 Å². The lowest BCUT2D eigenvalue weighted by Gasteiger charge is -2.36. The van der Waals surface area contributed by atoms with Crippen LogP contribution in [0.25, 0.3) is 0 Å². The highest BCUT2D eigenvalue weighted by molar-refractivity contribution is 5.97. The molecule has 1 saturated heterocycles. The highest BCUT2D eigenvalue weighted by Gasteiger charge is 2.27. The number of carbonyl (C=O) groups is 1. The zero-order chi connectivity index (χ0) is 17.6. The number of hydrogen-bond donors (Lipinski definition) is 0. The summed E-state index contributed by atoms with van der Waals surface area (Å²) in [5.41, 5.74) is 0.920. The fourth-order valence-corrected chi connectivity index (χ4v) is 4.11. The van der Waals surface area contributed by atoms with Gasteiger partial charge in [0, 0.05) is 13.1 Å². The second-order valence-electron chi connectivity index (χ2n) is 7.75. The van der Waals surface area contributed by atoms with Crippen molar-refractivity contribution in [1.82, 2.24) is 4.90 Å². The van der Waals surface area contributed by atoms with Gasteiger partial charge in [0.1, 0.15) is 5.75 Å². The van der Waals surface area contributed by atoms with E-state index in [0.717, 1.165) is 30.4 Å². The number of piperidine rings is 1. The van der Waals surface area contributed by atoms with E-state index in [4.69, 9.17) is 4.74 Å². The van der Waals surface area contributed by atoms with Crippen LogP contribution in [0.3, 0.4) is 0 Å². The van der Waals surface area contributed by atoms with Crippen molar-refractivity contribution >= 4 is 11.6 Å². The van der Waals surface area contributed by atoms with Gasteiger partial charge >= 0.3 is 0 Å². The fourth-order valence-electron chi connectivity index (χ4n) is 4.11. The predicted octanol–water partition coefficient (Wildman–Crippen LogP) is 3.95. The van der Waals surface area contributed by atoms with Crippen LogP contribution in [0.1, 0.15) is 46.0 Å². The summed E-state index contributed by atoms with van der Waals surface area (Å²) in [7, 11) is 0. The molecule has 0 N–H and O–H groups in total. The van der Waals surface area contributed by atoms with Crippen LogP contribution in [-0.4, -0.2) is 43.6 Å². The first-order chi connectivity index (χ1) is 12.2. The van der Waals surface area contributed by atoms with E-state index < -0.39 is 0 Å². The molecule has 0 aromatic heterocycles. The number of fused-ring (bicyclic) bond motifs is 1. The third kappa shape index (κ3) is 4.75. The Bertz CT molecular complexity index is 567. The Morgan fingerprint density at radius 1 is 1.20 bits per heavy atom. The Labute approximate surface area is 152 Å². The summed E-state index contributed by atoms with van der Waals surface area (Å²) >= 11 is 0. The summed E-state index contributed by atoms with van der Waals surface area (Å²) in [6.07, 6.45) is 6.77. The number of para-hydroxylation sites is 2. The maximum absolute atomic E-state index is 12.3. The van der Waals surface area contributed by atoms with Crippen molar-refractivity contribution in [2.45, 2.75) is 46.0 Å². The summed E-state index contributed by atoms with van der Waals surface area (Å²) in [6, 6.07) is 7.86. The number of likely N-dealkylation sites (tertiary alicyclic amines) is 1. The number of nitrogens with zero attached hydrogens (tertiary/aromatic N) is 2. The number of anilines is 1. The molecule has 1 aromatic rings. The molecule has 0 radical (unpaired) electrons. The van der Waals surface area contributed by atoms with Crippen LogP contribution in [0.15, 0.2) is 24.3 Å². The molecule has 25 heavy (non-hydrogen) atoms. The largest absolute Gasteiger partial charge is 0.482 e. The summed E-state index contributed by atoms with van der Waals surface area (Å²) in [4.78, 5) is 16.8. The molecule has 0 spiro atoms. The molecule has 1 atom stereocenters. The first kappa shape index (κ1) is 18.2. The Hall–Kier alpha value is -1.55. The van der Waals surface area contributed by atoms with Gasteiger partial charge in [0.05, 0.1) is 5.69 Å². The van der Waals surface area contributed by atoms with Gasteiger partial charge in [-0.05, 0) is 49.9 Å². The van der Waals surface area contributed by atoms with Crippen molar-refractivity contribution in [2.75, 3.05) is 37.7 Å². The molecule has 4 heteroatoms. The average Bonchev–Trinajstić information content (AvgIpc) is 2.63. The highest BCUT2D eigenvalue weighted by Crippen LogP contribution is 2.32. The zero-order valence-electron chi connectivity index (χ0n) is 15.7. The van der Waals surface area contributed by atoms with E-state index in [1.807, 2.05) is 29.2 Å². The van der Waals surface area contributed by atoms with Gasteiger partial charge in [0.25, 0.3) is 5.91 Å². The number of rotatable bonds is 7. The molecule has 0 bridgehead atoms. The number of amides is 1. The van der Waals surface area contributed by atoms with Crippen LogP contribution in [0.5, 0.6) is 5.75 Å². The molecule has 2 aliphatic heterocycles. The van der Waals surface area contributed by atoms with Gasteiger partial charge in [0.2, 0.25) is 0 Å². The highest BCUT2D eigenvalue weighted by atomic mass is 16.5. The Kier molecular flexibility index (Phi) is 6.35. The number of carbonyl (C=O) groups excluding carboxylic acids is 1. The van der Waals surface area contributed by atoms with Crippen molar-refractivity contribution < 1.29 is 9.53 Å². The fraction of sp³-hybridized carbons (Fsp3) is 0.667. The first-order valence-electron chi connectivity index (χ1n) is 9.92. The minimum absolute atomic E-state index is 0.0730. The normalized spacial score (nSPS) is 20.2. The van der Waals surface area contributed by atoms with E-state index in [1.165, 1.54) is 45.2 Å². The molecule has 2 aliphatic rings. The third-order valence-corrected chi connectivity index (χ3v) is 5.55. The zero-order valence-corrected chi connectivity index (χ0v) is 15.7. The molecule has 138 valence electrons. The van der Waals surface area contributed by atoms with Gasteiger partial charge in [-0.15, -0.1) is 0 Å². The molecule has 0 aliphatic carbocycles. The van der Waals surface area contributed by atoms with Gasteiger partial charge in [-0.1, -0.05) is 45.2 Å². The summed E-state index contributed by atoms with van der Waals surface area (Å²) in [6.45, 7) is 8.98. The smallest absolute Gasteiger partial charge is 0.265 e. The number of unbranched alkanes of at least 4 members (excludes halogenated alkanes) is 1. The Morgan fingerprint density at radius 3 is 2.72 bits per heavy atom. The van der Waals surface area contributed by atoms with Crippen LogP contribution in [-0.2, 0) is 4.79 Å². The second-order valence-corrected chi connectivity index (χ2v) is 7.75. The van der Waals surface area contributed by atoms with Crippen LogP contribution >= 0.6 is 0 Å². The van der Waals surface area contributed by atoms with Crippen LogP contribution in [0, 0.1) is 11.8 Å². The van der Waals surface area contributed by atoms with E-state index in [9.17, 15) is 4.79 Å². The van der Waals surface area contributed by atoms with Crippen molar-refractivity contribution in [3.05, 3.63) is 24.3 Å². The molecule has 1 unspecified atom stereocenters. The van der Waals surface area contributed by atoms with Gasteiger partial charge in [-0.3, -0.25) is 4.79 Å². The Balaban J connectivity index is 1.50. The summed E-state index contributed by atoms with van der Waals surface area (Å²) < 4.78 is 5.54. The topological polar surface area (TPSA) is 32.8 Å². The minimum Gasteiger partial charge on any atom is -0.482 e. The number of benzene rings is 1. The number of hydrogen-bond acceptors (Lipinski definition) is 3. The molecular formula is C21H32N2O2. The van der Waals surface area contributed by atoms with E-state index in [1.54, 1.807) is 0 Å². The number of ether oxygens (including phenoxy) is 1. The van der Waals surface area contributed by atoms with Gasteiger partial charge in [-0.2, -0.15) is 0 Å². The molecule has 1 fully saturated rings. The lowest BCUT2D eigenvalue weighted by Crippen LogP contribution is -2.44. The lowest BCUT2D eigenvalue weighted by molar-refractivity contribution is -0.121. The van der Waals surface area contributed by atoms with Crippen LogP contribution in [0.4, 0.5) is 5.69 Å². The molecular weight excluding hydrogens is 312 g/mol. The SMILES string of the molecule is CCCCC1CCN(CC(C)CN2C(=O)COc3ccccc32)CC1. The monoisotopic (exact) mass is 344 g/mol. The summed E-state index contributed by atoms with van der Waals surface area (Å²) in [5.74, 6) is 2.29. The standard InChI is InChI=1S/C21H32N2O2/c1-3-4-7-18-10-12-22(13-11-18)14-17(2)15-23-19-8-5-6-9-20(19)25-16-21(23)24/h5-6,8-9,17-18H,3-4,7,10-16H2,1-2H3. The molecule has 1 amide bonds. The van der Waals surface area contributed by atoms with Gasteiger partial charge < -0.3 is 14.5 Å². The molecule has 1 aromatic carbocycles. The van der Waals surface area contributed by atoms with Crippen molar-refractivity contribution in [3.63, 3.8) is 0 Å². The average molecular weight is 344 g/mol. The minimum atomic E-state index is 0.0730. The maximum Gasteiger partial charge on any atom is 0.265 e. The Morgan fingerprint density at radius 2 is 1.96 bits per heavy atom. The quantitative estimate of drug-likeness (QED) is 0.751. The maximum atomic E-state index is 12.3. The van der Waals surface area contributed by atoms with Crippen LogP contribution < -0.4 is 9.64 Å². The van der Waals surface area contributed by atoms with Crippen LogP contribution in [0.2, 0.25) is 0 Å². The van der Waals surface area contributed by atoms with E-state index in [2.05, 4.69) is 18.7 Å². The van der Waals surface area contributed by atoms with Crippen molar-refractivity contribution in [1.29, 1.82) is 0 Å². The van der Waals surface area contributed by atoms with Crippen molar-refractivity contribution in [2.24, 2.45) is 11.8 Å². The summed E-state index contributed by atoms with van der Waals surface area (Å²) in [5, 5.41) is 0. The molecule has 3 rings (SSSR count). The van der Waals surface area contributed by atoms with E-state index >= 15 is 0 Å².